The van der Waals surface area contributed by atoms with E-state index in [0.29, 0.717) is 11.5 Å². The molecule has 0 radical (unpaired) electrons. The zero-order valence-corrected chi connectivity index (χ0v) is 22.0. The van der Waals surface area contributed by atoms with Crippen LogP contribution < -0.4 is 15.4 Å². The molecule has 12 heteroatoms. The molecule has 4 heterocycles. The molecule has 5 rings (SSSR count). The predicted octanol–water partition coefficient (Wildman–Crippen LogP) is 3.97. The number of amides is 1. The van der Waals surface area contributed by atoms with Crippen molar-refractivity contribution >= 4 is 28.4 Å². The van der Waals surface area contributed by atoms with Gasteiger partial charge in [0.25, 0.3) is 5.91 Å². The molecule has 1 fully saturated rings. The number of anilines is 2. The van der Waals surface area contributed by atoms with Gasteiger partial charge in [0.1, 0.15) is 17.7 Å². The highest BCUT2D eigenvalue weighted by atomic mass is 19.1. The summed E-state index contributed by atoms with van der Waals surface area (Å²) in [4.78, 5) is 33.1. The third-order valence-corrected chi connectivity index (χ3v) is 6.76. The van der Waals surface area contributed by atoms with Crippen molar-refractivity contribution in [2.75, 3.05) is 45.1 Å². The minimum atomic E-state index is -0.778. The number of hydrogen-bond acceptors (Lipinski definition) is 8. The van der Waals surface area contributed by atoms with E-state index in [0.717, 1.165) is 50.9 Å². The highest BCUT2D eigenvalue weighted by molar-refractivity contribution is 6.01. The highest BCUT2D eigenvalue weighted by Gasteiger charge is 2.24. The van der Waals surface area contributed by atoms with Gasteiger partial charge in [-0.2, -0.15) is 0 Å². The molecular formula is C27H30F2N8O2. The lowest BCUT2D eigenvalue weighted by Gasteiger charge is -2.33. The summed E-state index contributed by atoms with van der Waals surface area (Å²) >= 11 is 0. The van der Waals surface area contributed by atoms with E-state index in [1.54, 1.807) is 19.2 Å². The number of carbonyl (C=O) groups excluding carboxylic acids is 1. The molecule has 0 aliphatic carbocycles. The van der Waals surface area contributed by atoms with Gasteiger partial charge in [0.15, 0.2) is 23.2 Å². The van der Waals surface area contributed by atoms with E-state index < -0.39 is 23.3 Å². The van der Waals surface area contributed by atoms with Gasteiger partial charge in [-0.1, -0.05) is 13.0 Å². The van der Waals surface area contributed by atoms with E-state index in [1.807, 2.05) is 6.07 Å². The molecule has 0 saturated carbocycles. The number of rotatable bonds is 8. The normalized spacial score (nSPS) is 14.5. The number of aryl methyl sites for hydroxylation is 1. The molecule has 0 unspecified atom stereocenters. The number of benzene rings is 1. The Morgan fingerprint density at radius 1 is 1.10 bits per heavy atom. The molecule has 10 nitrogen and oxygen atoms in total. The predicted molar refractivity (Wildman–Crippen MR) is 143 cm³/mol. The van der Waals surface area contributed by atoms with Crippen molar-refractivity contribution in [1.29, 1.82) is 0 Å². The van der Waals surface area contributed by atoms with E-state index in [1.165, 1.54) is 19.4 Å². The zero-order chi connectivity index (χ0) is 27.5. The molecule has 4 aromatic rings. The summed E-state index contributed by atoms with van der Waals surface area (Å²) in [5.41, 5.74) is 1.62. The summed E-state index contributed by atoms with van der Waals surface area (Å²) in [5, 5.41) is 5.57. The maximum Gasteiger partial charge on any atom is 0.260 e. The Balaban J connectivity index is 1.37. The van der Waals surface area contributed by atoms with Gasteiger partial charge >= 0.3 is 0 Å². The first-order valence-corrected chi connectivity index (χ1v) is 12.7. The van der Waals surface area contributed by atoms with Gasteiger partial charge in [-0.15, -0.1) is 0 Å². The number of piperazine rings is 1. The number of nitrogens with zero attached hydrogens (tertiary/aromatic N) is 5. The van der Waals surface area contributed by atoms with Crippen molar-refractivity contribution in [2.24, 2.45) is 0 Å². The second kappa shape index (κ2) is 11.3. The number of H-pyrrole nitrogens is 1. The van der Waals surface area contributed by atoms with Crippen molar-refractivity contribution < 1.29 is 18.3 Å². The van der Waals surface area contributed by atoms with Crippen LogP contribution in [0.1, 0.15) is 28.5 Å². The number of carbonyl (C=O) groups is 1. The van der Waals surface area contributed by atoms with E-state index in [2.05, 4.69) is 47.3 Å². The second-order valence-electron chi connectivity index (χ2n) is 9.38. The number of ether oxygens (including phenoxy) is 1. The molecule has 204 valence electrons. The van der Waals surface area contributed by atoms with Crippen molar-refractivity contribution in [2.45, 2.75) is 20.4 Å². The number of fused-ring (bicyclic) bond motifs is 1. The Hall–Kier alpha value is -4.16. The Bertz CT molecular complexity index is 1480. The fourth-order valence-electron chi connectivity index (χ4n) is 4.62. The van der Waals surface area contributed by atoms with Gasteiger partial charge in [0.2, 0.25) is 5.88 Å². The van der Waals surface area contributed by atoms with Gasteiger partial charge in [0.05, 0.1) is 5.52 Å². The van der Waals surface area contributed by atoms with Crippen molar-refractivity contribution in [3.8, 4) is 11.6 Å². The van der Waals surface area contributed by atoms with Crippen molar-refractivity contribution in [3.05, 3.63) is 65.2 Å². The highest BCUT2D eigenvalue weighted by Crippen LogP contribution is 2.34. The maximum atomic E-state index is 15.2. The fourth-order valence-corrected chi connectivity index (χ4v) is 4.62. The van der Waals surface area contributed by atoms with Crippen LogP contribution in [0.15, 0.2) is 36.8 Å². The first-order chi connectivity index (χ1) is 18.9. The average Bonchev–Trinajstić information content (AvgIpc) is 3.35. The van der Waals surface area contributed by atoms with Crippen molar-refractivity contribution in [1.82, 2.24) is 35.1 Å². The van der Waals surface area contributed by atoms with Crippen LogP contribution in [-0.4, -0.2) is 75.4 Å². The lowest BCUT2D eigenvalue weighted by molar-refractivity contribution is 0.0960. The van der Waals surface area contributed by atoms with Gasteiger partial charge in [-0.05, 0) is 31.2 Å². The van der Waals surface area contributed by atoms with Gasteiger partial charge in [0, 0.05) is 63.1 Å². The van der Waals surface area contributed by atoms with Gasteiger partial charge < -0.3 is 25.3 Å². The van der Waals surface area contributed by atoms with E-state index in [9.17, 15) is 9.18 Å². The quantitative estimate of drug-likeness (QED) is 0.310. The Labute approximate surface area is 224 Å². The first kappa shape index (κ1) is 26.4. The molecule has 1 saturated heterocycles. The smallest absolute Gasteiger partial charge is 0.260 e. The summed E-state index contributed by atoms with van der Waals surface area (Å²) in [6, 6.07) is 6.16. The Kier molecular flexibility index (Phi) is 7.66. The van der Waals surface area contributed by atoms with Crippen LogP contribution in [-0.2, 0) is 6.54 Å². The fraction of sp³-hybridized carbons (Fsp3) is 0.333. The zero-order valence-electron chi connectivity index (χ0n) is 22.0. The molecular weight excluding hydrogens is 506 g/mol. The molecule has 0 atom stereocenters. The monoisotopic (exact) mass is 536 g/mol. The number of hydrogen-bond donors (Lipinski definition) is 3. The second-order valence-corrected chi connectivity index (χ2v) is 9.38. The van der Waals surface area contributed by atoms with Gasteiger partial charge in [-0.3, -0.25) is 9.69 Å². The van der Waals surface area contributed by atoms with Crippen LogP contribution in [0.3, 0.4) is 0 Å². The first-order valence-electron chi connectivity index (χ1n) is 12.7. The Morgan fingerprint density at radius 3 is 2.56 bits per heavy atom. The molecule has 1 aromatic carbocycles. The summed E-state index contributed by atoms with van der Waals surface area (Å²) < 4.78 is 35.4. The van der Waals surface area contributed by atoms with Crippen LogP contribution >= 0.6 is 0 Å². The number of likely N-dealkylation sites (N-methyl/N-ethyl adjacent to an activating group) is 1. The molecule has 1 aliphatic rings. The van der Waals surface area contributed by atoms with Crippen LogP contribution in [0.4, 0.5) is 20.4 Å². The third-order valence-electron chi connectivity index (χ3n) is 6.76. The van der Waals surface area contributed by atoms with Crippen LogP contribution in [0.5, 0.6) is 11.6 Å². The molecule has 3 N–H and O–H groups in total. The van der Waals surface area contributed by atoms with E-state index >= 15 is 4.39 Å². The number of aromatic amines is 1. The summed E-state index contributed by atoms with van der Waals surface area (Å²) in [7, 11) is 1.44. The Morgan fingerprint density at radius 2 is 1.87 bits per heavy atom. The number of halogens is 2. The minimum Gasteiger partial charge on any atom is -0.435 e. The number of aromatic nitrogens is 4. The molecule has 0 bridgehead atoms. The van der Waals surface area contributed by atoms with Crippen LogP contribution in [0.2, 0.25) is 0 Å². The van der Waals surface area contributed by atoms with Crippen LogP contribution in [0.25, 0.3) is 10.9 Å². The molecule has 1 aliphatic heterocycles. The lowest BCUT2D eigenvalue weighted by atomic mass is 10.2. The number of pyridine rings is 1. The lowest BCUT2D eigenvalue weighted by Crippen LogP contribution is -2.45. The summed E-state index contributed by atoms with van der Waals surface area (Å²) in [5.74, 6) is -2.13. The molecule has 39 heavy (non-hydrogen) atoms. The summed E-state index contributed by atoms with van der Waals surface area (Å²) in [6.07, 6.45) is 2.95. The van der Waals surface area contributed by atoms with E-state index in [-0.39, 0.29) is 28.2 Å². The van der Waals surface area contributed by atoms with Crippen LogP contribution in [0, 0.1) is 18.6 Å². The molecule has 1 amide bonds. The third kappa shape index (κ3) is 5.66. The molecule has 0 spiro atoms. The average molecular weight is 537 g/mol. The minimum absolute atomic E-state index is 0.0339. The van der Waals surface area contributed by atoms with Gasteiger partial charge in [-0.25, -0.2) is 23.7 Å². The summed E-state index contributed by atoms with van der Waals surface area (Å²) in [6.45, 7) is 9.86. The van der Waals surface area contributed by atoms with E-state index in [4.69, 9.17) is 4.74 Å². The molecule has 3 aromatic heterocycles. The topological polar surface area (TPSA) is 111 Å². The number of nitrogens with one attached hydrogen (secondary N) is 3. The maximum absolute atomic E-state index is 15.2. The largest absolute Gasteiger partial charge is 0.435 e. The SMILES string of the molecule is CCN1CCN(Cc2ccc(Nc3ncnc(Oc4cc(F)c5[nH]c(C)cc5c4F)c3C(=O)NC)nc2)CC1. The van der Waals surface area contributed by atoms with Crippen molar-refractivity contribution in [3.63, 3.8) is 0 Å². The standard InChI is InChI=1S/C27H30F2N8O2/c1-4-36-7-9-37(10-8-36)14-17-5-6-21(31-13-17)35-25-22(26(38)30-3)27(33-15-32-25)39-20-12-19(28)24-18(23(20)29)11-16(2)34-24/h5-6,11-13,15,34H,4,7-10,14H2,1-3H3,(H,30,38)(H,31,32,33,35).